The summed E-state index contributed by atoms with van der Waals surface area (Å²) >= 11 is 0. The molecule has 0 aromatic carbocycles. The fraction of sp³-hybridized carbons (Fsp3) is 0.667. The normalized spacial score (nSPS) is 24.2. The lowest BCUT2D eigenvalue weighted by atomic mass is 9.71. The highest BCUT2D eigenvalue weighted by atomic mass is 32.2. The van der Waals surface area contributed by atoms with Crippen molar-refractivity contribution in [2.45, 2.75) is 37.6 Å². The number of aromatic nitrogens is 4. The smallest absolute Gasteiger partial charge is 0.231 e. The van der Waals surface area contributed by atoms with Crippen molar-refractivity contribution >= 4 is 15.9 Å². The van der Waals surface area contributed by atoms with Crippen LogP contribution in [0.5, 0.6) is 0 Å². The molecular weight excluding hydrogens is 396 g/mol. The van der Waals surface area contributed by atoms with E-state index in [0.29, 0.717) is 51.0 Å². The molecule has 10 nitrogen and oxygen atoms in total. The van der Waals surface area contributed by atoms with Crippen LogP contribution < -0.4 is 0 Å². The van der Waals surface area contributed by atoms with Crippen LogP contribution in [0.3, 0.4) is 0 Å². The molecule has 1 amide bonds. The molecule has 1 atom stereocenters. The van der Waals surface area contributed by atoms with E-state index in [-0.39, 0.29) is 17.2 Å². The first-order valence-corrected chi connectivity index (χ1v) is 11.7. The number of likely N-dealkylation sites (tertiary alicyclic amines) is 1. The molecule has 3 aliphatic rings. The van der Waals surface area contributed by atoms with E-state index in [1.807, 2.05) is 10.8 Å². The van der Waals surface area contributed by atoms with Gasteiger partial charge in [0.25, 0.3) is 0 Å². The quantitative estimate of drug-likeness (QED) is 0.665. The standard InChI is InChI=1S/C18H24N6O4S/c1-29(26,27)24-8-14(17-20-16(21-28-17)13-2-3-13)18(11-24)9-23(10-18)15(25)4-6-22-7-5-19-12-22/h5,7,12-14H,2-4,6,8-11H2,1H3. The van der Waals surface area contributed by atoms with Gasteiger partial charge >= 0.3 is 0 Å². The Morgan fingerprint density at radius 3 is 2.76 bits per heavy atom. The van der Waals surface area contributed by atoms with Crippen molar-refractivity contribution < 1.29 is 17.7 Å². The number of sulfonamides is 1. The Balaban J connectivity index is 1.30. The average molecular weight is 420 g/mol. The van der Waals surface area contributed by atoms with E-state index in [4.69, 9.17) is 4.52 Å². The molecule has 5 rings (SSSR count). The van der Waals surface area contributed by atoms with Crippen LogP contribution in [-0.4, -0.2) is 75.7 Å². The zero-order chi connectivity index (χ0) is 20.2. The largest absolute Gasteiger partial charge is 0.341 e. The molecule has 0 radical (unpaired) electrons. The molecule has 1 aliphatic carbocycles. The Labute approximate surface area is 168 Å². The van der Waals surface area contributed by atoms with Gasteiger partial charge in [0.15, 0.2) is 5.82 Å². The van der Waals surface area contributed by atoms with Crippen LogP contribution in [0.2, 0.25) is 0 Å². The summed E-state index contributed by atoms with van der Waals surface area (Å²) in [6.45, 7) is 2.29. The van der Waals surface area contributed by atoms with Crippen LogP contribution in [0.25, 0.3) is 0 Å². The van der Waals surface area contributed by atoms with Gasteiger partial charge in [-0.25, -0.2) is 17.7 Å². The number of carbonyl (C=O) groups is 1. The van der Waals surface area contributed by atoms with Crippen LogP contribution in [0.1, 0.15) is 42.8 Å². The highest BCUT2D eigenvalue weighted by Gasteiger charge is 2.59. The van der Waals surface area contributed by atoms with Crippen LogP contribution in [0, 0.1) is 5.41 Å². The van der Waals surface area contributed by atoms with E-state index >= 15 is 0 Å². The molecule has 4 heterocycles. The van der Waals surface area contributed by atoms with E-state index < -0.39 is 10.0 Å². The number of hydrogen-bond donors (Lipinski definition) is 0. The number of hydrogen-bond acceptors (Lipinski definition) is 7. The molecule has 0 bridgehead atoms. The maximum atomic E-state index is 12.6. The van der Waals surface area contributed by atoms with E-state index in [0.717, 1.165) is 18.7 Å². The lowest BCUT2D eigenvalue weighted by Gasteiger charge is -2.50. The fourth-order valence-corrected chi connectivity index (χ4v) is 5.34. The van der Waals surface area contributed by atoms with Crippen molar-refractivity contribution in [1.82, 2.24) is 28.9 Å². The third kappa shape index (κ3) is 3.46. The molecule has 2 aromatic heterocycles. The molecule has 156 valence electrons. The summed E-state index contributed by atoms with van der Waals surface area (Å²) in [7, 11) is -3.34. The van der Waals surface area contributed by atoms with E-state index in [9.17, 15) is 13.2 Å². The van der Waals surface area contributed by atoms with Gasteiger partial charge in [-0.1, -0.05) is 5.16 Å². The molecule has 1 spiro atoms. The Bertz CT molecular complexity index is 1010. The van der Waals surface area contributed by atoms with Crippen molar-refractivity contribution in [2.75, 3.05) is 32.4 Å². The van der Waals surface area contributed by atoms with Crippen LogP contribution in [-0.2, 0) is 21.4 Å². The average Bonchev–Trinajstić information content (AvgIpc) is 3.08. The highest BCUT2D eigenvalue weighted by molar-refractivity contribution is 7.88. The first-order chi connectivity index (χ1) is 13.8. The van der Waals surface area contributed by atoms with Crippen molar-refractivity contribution in [3.63, 3.8) is 0 Å². The zero-order valence-corrected chi connectivity index (χ0v) is 17.1. The van der Waals surface area contributed by atoms with Gasteiger partial charge in [-0.2, -0.15) is 4.98 Å². The molecule has 1 saturated carbocycles. The number of carbonyl (C=O) groups excluding carboxylic acids is 1. The Hall–Kier alpha value is -2.27. The zero-order valence-electron chi connectivity index (χ0n) is 16.3. The van der Waals surface area contributed by atoms with E-state index in [2.05, 4.69) is 15.1 Å². The monoisotopic (exact) mass is 420 g/mol. The lowest BCUT2D eigenvalue weighted by Crippen LogP contribution is -2.61. The van der Waals surface area contributed by atoms with E-state index in [1.54, 1.807) is 17.4 Å². The minimum absolute atomic E-state index is 0.0603. The molecular formula is C18H24N6O4S. The summed E-state index contributed by atoms with van der Waals surface area (Å²) in [5.74, 6) is 1.47. The van der Waals surface area contributed by atoms with Crippen LogP contribution in [0.4, 0.5) is 0 Å². The minimum Gasteiger partial charge on any atom is -0.341 e. The van der Waals surface area contributed by atoms with Gasteiger partial charge in [-0.05, 0) is 12.8 Å². The Morgan fingerprint density at radius 1 is 1.31 bits per heavy atom. The fourth-order valence-electron chi connectivity index (χ4n) is 4.42. The summed E-state index contributed by atoms with van der Waals surface area (Å²) in [5, 5.41) is 4.10. The molecule has 3 fully saturated rings. The summed E-state index contributed by atoms with van der Waals surface area (Å²) in [6.07, 6.45) is 8.96. The molecule has 2 aromatic rings. The van der Waals surface area contributed by atoms with Gasteiger partial charge in [0.05, 0.1) is 18.5 Å². The molecule has 0 N–H and O–H groups in total. The number of aryl methyl sites for hydroxylation is 1. The predicted molar refractivity (Wildman–Crippen MR) is 101 cm³/mol. The molecule has 1 unspecified atom stereocenters. The number of amides is 1. The molecule has 2 saturated heterocycles. The maximum absolute atomic E-state index is 12.6. The minimum atomic E-state index is -3.34. The van der Waals surface area contributed by atoms with Crippen molar-refractivity contribution in [1.29, 1.82) is 0 Å². The second-order valence-corrected chi connectivity index (χ2v) is 10.5. The van der Waals surface area contributed by atoms with Gasteiger partial charge in [0.2, 0.25) is 21.8 Å². The predicted octanol–water partition coefficient (Wildman–Crippen LogP) is 0.421. The second-order valence-electron chi connectivity index (χ2n) is 8.54. The highest BCUT2D eigenvalue weighted by Crippen LogP contribution is 2.50. The molecule has 2 aliphatic heterocycles. The van der Waals surface area contributed by atoms with Gasteiger partial charge in [-0.15, -0.1) is 0 Å². The topological polar surface area (TPSA) is 114 Å². The number of rotatable bonds is 6. The van der Waals surface area contributed by atoms with E-state index in [1.165, 1.54) is 10.6 Å². The number of imidazole rings is 1. The van der Waals surface area contributed by atoms with Crippen molar-refractivity contribution in [3.05, 3.63) is 30.4 Å². The van der Waals surface area contributed by atoms with Gasteiger partial charge in [-0.3, -0.25) is 4.79 Å². The summed E-state index contributed by atoms with van der Waals surface area (Å²) < 4.78 is 33.2. The second kappa shape index (κ2) is 6.63. The third-order valence-corrected chi connectivity index (χ3v) is 7.51. The summed E-state index contributed by atoms with van der Waals surface area (Å²) in [5.41, 5.74) is -0.360. The lowest BCUT2D eigenvalue weighted by molar-refractivity contribution is -0.143. The SMILES string of the molecule is CS(=O)(=O)N1CC(c2nc(C3CC3)no2)C2(CN(C(=O)CCn3ccnc3)C2)C1. The first-order valence-electron chi connectivity index (χ1n) is 9.86. The third-order valence-electron chi connectivity index (χ3n) is 6.29. The van der Waals surface area contributed by atoms with Gasteiger partial charge in [0.1, 0.15) is 0 Å². The van der Waals surface area contributed by atoms with Gasteiger partial charge < -0.3 is 14.0 Å². The summed E-state index contributed by atoms with van der Waals surface area (Å²) in [4.78, 5) is 23.0. The van der Waals surface area contributed by atoms with Gasteiger partial charge in [0, 0.05) is 62.9 Å². The Morgan fingerprint density at radius 2 is 2.10 bits per heavy atom. The first kappa shape index (κ1) is 18.7. The number of nitrogens with zero attached hydrogens (tertiary/aromatic N) is 6. The molecule has 11 heteroatoms. The van der Waals surface area contributed by atoms with Crippen LogP contribution in [0.15, 0.2) is 23.2 Å². The van der Waals surface area contributed by atoms with Crippen molar-refractivity contribution in [3.8, 4) is 0 Å². The maximum Gasteiger partial charge on any atom is 0.231 e. The van der Waals surface area contributed by atoms with Crippen LogP contribution >= 0.6 is 0 Å². The molecule has 29 heavy (non-hydrogen) atoms. The van der Waals surface area contributed by atoms with Crippen molar-refractivity contribution in [2.24, 2.45) is 5.41 Å². The summed E-state index contributed by atoms with van der Waals surface area (Å²) in [6, 6.07) is 0. The Kier molecular flexibility index (Phi) is 4.28.